The molecular formula is C18H18Cl4N2O4S. The van der Waals surface area contributed by atoms with Crippen molar-refractivity contribution in [2.75, 3.05) is 12.5 Å². The molecule has 0 aliphatic carbocycles. The van der Waals surface area contributed by atoms with Gasteiger partial charge in [-0.3, -0.25) is 9.59 Å². The van der Waals surface area contributed by atoms with E-state index >= 15 is 0 Å². The Labute approximate surface area is 192 Å². The van der Waals surface area contributed by atoms with Crippen LogP contribution in [0.25, 0.3) is 0 Å². The van der Waals surface area contributed by atoms with Gasteiger partial charge in [-0.2, -0.15) is 0 Å². The number of carbonyl (C=O) groups is 3. The van der Waals surface area contributed by atoms with Gasteiger partial charge in [0.2, 0.25) is 15.6 Å². The normalized spacial score (nSPS) is 28.5. The lowest BCUT2D eigenvalue weighted by atomic mass is 9.95. The topological polar surface area (TPSA) is 75.7 Å². The zero-order valence-corrected chi connectivity index (χ0v) is 19.1. The van der Waals surface area contributed by atoms with E-state index in [9.17, 15) is 14.4 Å². The largest absolute Gasteiger partial charge is 0.460 e. The number of hydrogen-bond donors (Lipinski definition) is 1. The van der Waals surface area contributed by atoms with Crippen LogP contribution in [0, 0.1) is 0 Å². The minimum absolute atomic E-state index is 0.0934. The number of halogens is 4. The number of esters is 1. The molecule has 2 saturated heterocycles. The summed E-state index contributed by atoms with van der Waals surface area (Å²) < 4.78 is 2.54. The summed E-state index contributed by atoms with van der Waals surface area (Å²) in [6.45, 7) is 1.32. The standard InChI is InChI=1S/C18H18Cl4N2O4S/c1-17(8-19)13(16(27)28-9-18(20,21)22)24-14(26)12(15(24)29-17)23-11(25)7-10-5-3-2-4-6-10/h2-6,12-13,15H,7-9H2,1H3,(H,23,25)/t12-,13+,15-,17+/m1/s1. The molecule has 2 aliphatic heterocycles. The minimum atomic E-state index is -1.76. The van der Waals surface area contributed by atoms with Gasteiger partial charge in [-0.05, 0) is 12.5 Å². The van der Waals surface area contributed by atoms with Crippen LogP contribution in [0.3, 0.4) is 0 Å². The van der Waals surface area contributed by atoms with Gasteiger partial charge in [-0.15, -0.1) is 23.4 Å². The fourth-order valence-electron chi connectivity index (χ4n) is 3.36. The Bertz CT molecular complexity index is 807. The maximum absolute atomic E-state index is 12.7. The van der Waals surface area contributed by atoms with Crippen LogP contribution >= 0.6 is 58.2 Å². The summed E-state index contributed by atoms with van der Waals surface area (Å²) in [5.41, 5.74) is 0.839. The monoisotopic (exact) mass is 498 g/mol. The number of carbonyl (C=O) groups excluding carboxylic acids is 3. The van der Waals surface area contributed by atoms with E-state index in [1.54, 1.807) is 6.92 Å². The zero-order chi connectivity index (χ0) is 21.4. The molecule has 0 saturated carbocycles. The van der Waals surface area contributed by atoms with E-state index < -0.39 is 38.6 Å². The van der Waals surface area contributed by atoms with Gasteiger partial charge in [-0.25, -0.2) is 4.79 Å². The van der Waals surface area contributed by atoms with Gasteiger partial charge < -0.3 is 15.0 Å². The fraction of sp³-hybridized carbons (Fsp3) is 0.500. The van der Waals surface area contributed by atoms with Crippen LogP contribution in [-0.4, -0.2) is 61.2 Å². The molecule has 1 N–H and O–H groups in total. The van der Waals surface area contributed by atoms with Crippen LogP contribution < -0.4 is 5.32 Å². The van der Waals surface area contributed by atoms with Gasteiger partial charge in [0.05, 0.1) is 11.2 Å². The van der Waals surface area contributed by atoms with Crippen molar-refractivity contribution in [2.45, 2.75) is 39.3 Å². The lowest BCUT2D eigenvalue weighted by Gasteiger charge is -2.44. The Hall–Kier alpha value is -0.860. The smallest absolute Gasteiger partial charge is 0.330 e. The second-order valence-electron chi connectivity index (χ2n) is 7.03. The highest BCUT2D eigenvalue weighted by Gasteiger charge is 2.65. The number of benzene rings is 1. The van der Waals surface area contributed by atoms with E-state index in [2.05, 4.69) is 5.32 Å². The Kier molecular flexibility index (Phi) is 6.85. The third-order valence-corrected chi connectivity index (χ3v) is 7.40. The van der Waals surface area contributed by atoms with Gasteiger partial charge in [0, 0.05) is 5.88 Å². The van der Waals surface area contributed by atoms with Gasteiger partial charge in [0.25, 0.3) is 0 Å². The summed E-state index contributed by atoms with van der Waals surface area (Å²) in [7, 11) is 0. The first-order chi connectivity index (χ1) is 13.6. The van der Waals surface area contributed by atoms with E-state index in [1.165, 1.54) is 16.7 Å². The number of hydrogen-bond acceptors (Lipinski definition) is 5. The summed E-state index contributed by atoms with van der Waals surface area (Å²) in [4.78, 5) is 39.1. The Morgan fingerprint density at radius 1 is 1.28 bits per heavy atom. The number of thioether (sulfide) groups is 1. The molecule has 1 aromatic rings. The van der Waals surface area contributed by atoms with Crippen LogP contribution in [0.2, 0.25) is 0 Å². The molecule has 4 atom stereocenters. The Morgan fingerprint density at radius 2 is 1.93 bits per heavy atom. The van der Waals surface area contributed by atoms with Crippen molar-refractivity contribution in [3.05, 3.63) is 35.9 Å². The molecular weight excluding hydrogens is 482 g/mol. The summed E-state index contributed by atoms with van der Waals surface area (Å²) >= 11 is 24.4. The predicted molar refractivity (Wildman–Crippen MR) is 114 cm³/mol. The number of ether oxygens (including phenoxy) is 1. The second kappa shape index (κ2) is 8.71. The highest BCUT2D eigenvalue weighted by Crippen LogP contribution is 2.52. The Balaban J connectivity index is 1.68. The highest BCUT2D eigenvalue weighted by atomic mass is 35.6. The number of nitrogens with zero attached hydrogens (tertiary/aromatic N) is 1. The van der Waals surface area contributed by atoms with Gasteiger partial charge >= 0.3 is 5.97 Å². The molecule has 2 aliphatic rings. The molecule has 0 spiro atoms. The molecule has 6 nitrogen and oxygen atoms in total. The van der Waals surface area contributed by atoms with Crippen LogP contribution in [0.15, 0.2) is 30.3 Å². The molecule has 3 rings (SSSR count). The molecule has 29 heavy (non-hydrogen) atoms. The quantitative estimate of drug-likeness (QED) is 0.370. The second-order valence-corrected chi connectivity index (χ2v) is 11.5. The maximum atomic E-state index is 12.7. The zero-order valence-electron chi connectivity index (χ0n) is 15.2. The third kappa shape index (κ3) is 4.90. The van der Waals surface area contributed by atoms with Crippen molar-refractivity contribution >= 4 is 75.9 Å². The van der Waals surface area contributed by atoms with Crippen LogP contribution in [-0.2, 0) is 25.5 Å². The molecule has 158 valence electrons. The van der Waals surface area contributed by atoms with E-state index in [0.717, 1.165) is 5.56 Å². The number of β-lactam (4-membered cyclic amide) rings is 1. The highest BCUT2D eigenvalue weighted by molar-refractivity contribution is 8.01. The number of rotatable bonds is 6. The lowest BCUT2D eigenvalue weighted by Crippen LogP contribution is -2.71. The molecule has 11 heteroatoms. The molecule has 0 radical (unpaired) electrons. The van der Waals surface area contributed by atoms with Crippen LogP contribution in [0.1, 0.15) is 12.5 Å². The number of amides is 2. The summed E-state index contributed by atoms with van der Waals surface area (Å²) in [6, 6.07) is 7.54. The summed E-state index contributed by atoms with van der Waals surface area (Å²) in [5, 5.41) is 2.33. The molecule has 1 aromatic carbocycles. The van der Waals surface area contributed by atoms with Gasteiger partial charge in [-0.1, -0.05) is 65.1 Å². The number of alkyl halides is 4. The first kappa shape index (κ1) is 22.8. The van der Waals surface area contributed by atoms with Gasteiger partial charge in [0.15, 0.2) is 0 Å². The van der Waals surface area contributed by atoms with Gasteiger partial charge in [0.1, 0.15) is 24.1 Å². The average Bonchev–Trinajstić information content (AvgIpc) is 2.95. The van der Waals surface area contributed by atoms with Crippen LogP contribution in [0.5, 0.6) is 0 Å². The third-order valence-electron chi connectivity index (χ3n) is 4.72. The van der Waals surface area contributed by atoms with Crippen molar-refractivity contribution in [2.24, 2.45) is 0 Å². The maximum Gasteiger partial charge on any atom is 0.330 e. The number of fused-ring (bicyclic) bond motifs is 1. The van der Waals surface area contributed by atoms with E-state index in [0.29, 0.717) is 0 Å². The lowest BCUT2D eigenvalue weighted by molar-refractivity contribution is -0.164. The molecule has 0 aromatic heterocycles. The Morgan fingerprint density at radius 3 is 2.52 bits per heavy atom. The molecule has 2 fully saturated rings. The molecule has 0 unspecified atom stereocenters. The van der Waals surface area contributed by atoms with E-state index in [1.807, 2.05) is 30.3 Å². The van der Waals surface area contributed by atoms with Crippen molar-refractivity contribution < 1.29 is 19.1 Å². The minimum Gasteiger partial charge on any atom is -0.460 e. The molecule has 2 amide bonds. The summed E-state index contributed by atoms with van der Waals surface area (Å²) in [6.07, 6.45) is 0.156. The average molecular weight is 500 g/mol. The first-order valence-electron chi connectivity index (χ1n) is 8.68. The predicted octanol–water partition coefficient (Wildman–Crippen LogP) is 2.91. The molecule has 2 heterocycles. The van der Waals surface area contributed by atoms with Crippen molar-refractivity contribution in [1.29, 1.82) is 0 Å². The van der Waals surface area contributed by atoms with E-state index in [4.69, 9.17) is 51.1 Å². The van der Waals surface area contributed by atoms with Crippen molar-refractivity contribution in [3.8, 4) is 0 Å². The van der Waals surface area contributed by atoms with Crippen molar-refractivity contribution in [3.63, 3.8) is 0 Å². The fourth-order valence-corrected chi connectivity index (χ4v) is 5.47. The number of nitrogens with one attached hydrogen (secondary N) is 1. The van der Waals surface area contributed by atoms with E-state index in [-0.39, 0.29) is 24.1 Å². The SMILES string of the molecule is C[C@@]1(CCl)S[C@@H]2[C@H](NC(=O)Cc3ccccc3)C(=O)N2[C@H]1C(=O)OCC(Cl)(Cl)Cl. The van der Waals surface area contributed by atoms with Crippen LogP contribution in [0.4, 0.5) is 0 Å². The summed E-state index contributed by atoms with van der Waals surface area (Å²) in [5.74, 6) is -1.24. The molecule has 0 bridgehead atoms. The first-order valence-corrected chi connectivity index (χ1v) is 11.2. The van der Waals surface area contributed by atoms with Crippen molar-refractivity contribution in [1.82, 2.24) is 10.2 Å².